The summed E-state index contributed by atoms with van der Waals surface area (Å²) in [4.78, 5) is 39.4. The van der Waals surface area contributed by atoms with Gasteiger partial charge in [-0.15, -0.1) is 0 Å². The molecule has 0 amide bonds. The van der Waals surface area contributed by atoms with E-state index in [-0.39, 0.29) is 27.4 Å². The number of carboxylic acids is 1. The van der Waals surface area contributed by atoms with Crippen molar-refractivity contribution in [3.63, 3.8) is 0 Å². The number of carboxylic acid groups (broad SMARTS) is 1. The highest BCUT2D eigenvalue weighted by atomic mass is 127. The largest absolute Gasteiger partial charge is 0.478 e. The van der Waals surface area contributed by atoms with Crippen molar-refractivity contribution in [2.75, 3.05) is 0 Å². The maximum atomic E-state index is 12.1. The molecule has 1 rings (SSSR count). The molecule has 0 aromatic heterocycles. The Morgan fingerprint density at radius 3 is 1.86 bits per heavy atom. The van der Waals surface area contributed by atoms with Crippen molar-refractivity contribution in [3.8, 4) is 0 Å². The van der Waals surface area contributed by atoms with E-state index >= 15 is 0 Å². The third kappa shape index (κ3) is 3.65. The molecule has 0 aliphatic carbocycles. The summed E-state index contributed by atoms with van der Waals surface area (Å²) in [5, 5.41) is 18.8. The highest BCUT2D eigenvalue weighted by molar-refractivity contribution is 14.1. The summed E-state index contributed by atoms with van der Waals surface area (Å²) in [5.41, 5.74) is -0.356. The molecule has 0 aliphatic rings. The zero-order valence-corrected chi connectivity index (χ0v) is 16.8. The number of carbonyl (C=O) groups excluding carboxylic acids is 2. The second kappa shape index (κ2) is 7.47. The molecule has 1 aromatic rings. The number of aliphatic hydroxyl groups excluding tert-OH is 1. The van der Waals surface area contributed by atoms with E-state index in [9.17, 15) is 24.6 Å². The maximum absolute atomic E-state index is 12.1. The van der Waals surface area contributed by atoms with Crippen LogP contribution in [0, 0.1) is 10.7 Å². The molecule has 0 aliphatic heterocycles. The molecule has 0 unspecified atom stereocenters. The monoisotopic (exact) mass is 631 g/mol. The van der Waals surface area contributed by atoms with Crippen LogP contribution in [0.15, 0.2) is 0 Å². The third-order valence-corrected chi connectivity index (χ3v) is 5.70. The number of carbonyl (C=O) groups is 3. The van der Waals surface area contributed by atoms with Crippen LogP contribution in [-0.4, -0.2) is 34.0 Å². The van der Waals surface area contributed by atoms with Crippen molar-refractivity contribution in [2.45, 2.75) is 13.0 Å². The Kier molecular flexibility index (Phi) is 6.76. The van der Waals surface area contributed by atoms with Gasteiger partial charge in [-0.25, -0.2) is 9.59 Å². The summed E-state index contributed by atoms with van der Waals surface area (Å²) < 4.78 is 0.451. The zero-order valence-electron chi connectivity index (χ0n) is 10.3. The predicted molar refractivity (Wildman–Crippen MR) is 97.2 cm³/mol. The van der Waals surface area contributed by atoms with Gasteiger partial charge in [-0.3, -0.25) is 4.79 Å². The Hall–Kier alpha value is -0.0600. The second-order valence-corrected chi connectivity index (χ2v) is 7.05. The summed E-state index contributed by atoms with van der Waals surface area (Å²) in [6.07, 6.45) is -1.34. The number of nitrogens with two attached hydrogens (primary N) is 1. The van der Waals surface area contributed by atoms with Gasteiger partial charge in [0.25, 0.3) is 0 Å². The SMILES string of the molecule is C[C@H](O)C(=O)c1c(I)c(C(=O)O)c(I)c(C(=O)ON)c1I. The molecule has 10 heteroatoms. The fraction of sp³-hybridized carbons (Fsp3) is 0.182. The molecule has 4 N–H and O–H groups in total. The van der Waals surface area contributed by atoms with Gasteiger partial charge in [0.05, 0.1) is 11.1 Å². The van der Waals surface area contributed by atoms with E-state index in [0.29, 0.717) is 0 Å². The summed E-state index contributed by atoms with van der Waals surface area (Å²) in [6.45, 7) is 1.26. The molecule has 21 heavy (non-hydrogen) atoms. The minimum atomic E-state index is -1.34. The highest BCUT2D eigenvalue weighted by Crippen LogP contribution is 2.33. The number of hydrogen-bond acceptors (Lipinski definition) is 6. The number of aromatic carboxylic acids is 1. The van der Waals surface area contributed by atoms with Gasteiger partial charge in [0.2, 0.25) is 0 Å². The van der Waals surface area contributed by atoms with Crippen LogP contribution in [-0.2, 0) is 4.84 Å². The fourth-order valence-electron chi connectivity index (χ4n) is 1.52. The molecule has 0 heterocycles. The molecular formula is C11H8I3NO6. The van der Waals surface area contributed by atoms with E-state index in [1.54, 1.807) is 67.8 Å². The fourth-order valence-corrected chi connectivity index (χ4v) is 6.11. The Labute approximate surface area is 160 Å². The number of hydrogen-bond donors (Lipinski definition) is 3. The van der Waals surface area contributed by atoms with E-state index in [0.717, 1.165) is 0 Å². The Morgan fingerprint density at radius 2 is 1.48 bits per heavy atom. The van der Waals surface area contributed by atoms with Gasteiger partial charge in [-0.1, -0.05) is 0 Å². The van der Waals surface area contributed by atoms with Gasteiger partial charge in [0, 0.05) is 16.3 Å². The lowest BCUT2D eigenvalue weighted by atomic mass is 10.0. The molecule has 114 valence electrons. The number of Topliss-reactive ketones (excluding diaryl/α,β-unsaturated/α-hetero) is 1. The third-order valence-electron chi connectivity index (χ3n) is 2.47. The van der Waals surface area contributed by atoms with E-state index in [4.69, 9.17) is 5.90 Å². The molecule has 0 fully saturated rings. The summed E-state index contributed by atoms with van der Waals surface area (Å²) in [5.74, 6) is 1.91. The zero-order chi connectivity index (χ0) is 16.5. The smallest absolute Gasteiger partial charge is 0.358 e. The Morgan fingerprint density at radius 1 is 1.05 bits per heavy atom. The lowest BCUT2D eigenvalue weighted by Crippen LogP contribution is -2.25. The first kappa shape index (κ1) is 19.0. The van der Waals surface area contributed by atoms with Crippen LogP contribution in [0.1, 0.15) is 38.0 Å². The molecular weight excluding hydrogens is 623 g/mol. The van der Waals surface area contributed by atoms with E-state index < -0.39 is 23.8 Å². The minimum Gasteiger partial charge on any atom is -0.478 e. The Balaban J connectivity index is 3.89. The van der Waals surface area contributed by atoms with Crippen LogP contribution in [0.4, 0.5) is 0 Å². The van der Waals surface area contributed by atoms with Crippen LogP contribution >= 0.6 is 67.8 Å². The van der Waals surface area contributed by atoms with Gasteiger partial charge < -0.3 is 15.1 Å². The standard InChI is InChI=1S/C11H8I3NO6/c1-2(16)9(17)3-6(12)4(10(18)19)8(14)5(7(3)13)11(20)21-15/h2,16H,15H2,1H3,(H,18,19)/t2-/m0/s1. The van der Waals surface area contributed by atoms with Crippen molar-refractivity contribution in [2.24, 2.45) is 5.90 Å². The van der Waals surface area contributed by atoms with E-state index in [1.807, 2.05) is 0 Å². The molecule has 1 atom stereocenters. The van der Waals surface area contributed by atoms with Gasteiger partial charge in [0.15, 0.2) is 5.78 Å². The Bertz CT molecular complexity index is 644. The second-order valence-electron chi connectivity index (χ2n) is 3.82. The van der Waals surface area contributed by atoms with Gasteiger partial charge in [-0.2, -0.15) is 5.90 Å². The van der Waals surface area contributed by atoms with Crippen LogP contribution < -0.4 is 5.90 Å². The molecule has 1 aromatic carbocycles. The molecule has 0 spiro atoms. The lowest BCUT2D eigenvalue weighted by molar-refractivity contribution is 0.0500. The lowest BCUT2D eigenvalue weighted by Gasteiger charge is -2.16. The van der Waals surface area contributed by atoms with Crippen molar-refractivity contribution in [3.05, 3.63) is 27.4 Å². The number of rotatable bonds is 4. The number of aliphatic hydroxyl groups is 1. The summed E-state index contributed by atoms with van der Waals surface area (Å²) in [6, 6.07) is 0. The van der Waals surface area contributed by atoms with Crippen molar-refractivity contribution < 1.29 is 29.4 Å². The first-order valence-electron chi connectivity index (χ1n) is 5.22. The average molecular weight is 631 g/mol. The van der Waals surface area contributed by atoms with E-state index in [1.165, 1.54) is 6.92 Å². The molecule has 0 bridgehead atoms. The summed E-state index contributed by atoms with van der Waals surface area (Å²) in [7, 11) is 0. The van der Waals surface area contributed by atoms with Crippen LogP contribution in [0.25, 0.3) is 0 Å². The summed E-state index contributed by atoms with van der Waals surface area (Å²) >= 11 is 5.11. The van der Waals surface area contributed by atoms with Gasteiger partial charge in [0.1, 0.15) is 6.10 Å². The van der Waals surface area contributed by atoms with Gasteiger partial charge >= 0.3 is 11.9 Å². The van der Waals surface area contributed by atoms with Crippen LogP contribution in [0.2, 0.25) is 0 Å². The number of ketones is 1. The first-order valence-corrected chi connectivity index (χ1v) is 8.45. The highest BCUT2D eigenvalue weighted by Gasteiger charge is 2.31. The minimum absolute atomic E-state index is 0.0376. The average Bonchev–Trinajstić information content (AvgIpc) is 2.37. The molecule has 0 radical (unpaired) electrons. The number of benzene rings is 1. The first-order chi connectivity index (χ1) is 9.64. The van der Waals surface area contributed by atoms with Crippen molar-refractivity contribution in [1.82, 2.24) is 0 Å². The van der Waals surface area contributed by atoms with E-state index in [2.05, 4.69) is 4.84 Å². The molecule has 0 saturated carbocycles. The van der Waals surface area contributed by atoms with Gasteiger partial charge in [-0.05, 0) is 74.7 Å². The predicted octanol–water partition coefficient (Wildman–Crippen LogP) is 1.79. The normalized spacial score (nSPS) is 11.9. The topological polar surface area (TPSA) is 127 Å². The molecule has 0 saturated heterocycles. The van der Waals surface area contributed by atoms with Crippen LogP contribution in [0.5, 0.6) is 0 Å². The molecule has 7 nitrogen and oxygen atoms in total. The maximum Gasteiger partial charge on any atom is 0.358 e. The van der Waals surface area contributed by atoms with Crippen molar-refractivity contribution in [1.29, 1.82) is 0 Å². The quantitative estimate of drug-likeness (QED) is 0.263. The number of halogens is 3. The van der Waals surface area contributed by atoms with Crippen molar-refractivity contribution >= 4 is 85.5 Å². The van der Waals surface area contributed by atoms with Crippen LogP contribution in [0.3, 0.4) is 0 Å².